The van der Waals surface area contributed by atoms with E-state index in [4.69, 9.17) is 4.99 Å². The lowest BCUT2D eigenvalue weighted by atomic mass is 9.91. The van der Waals surface area contributed by atoms with Gasteiger partial charge in [-0.1, -0.05) is 48.4 Å². The van der Waals surface area contributed by atoms with Gasteiger partial charge >= 0.3 is 0 Å². The molecule has 1 saturated carbocycles. The van der Waals surface area contributed by atoms with Crippen molar-refractivity contribution in [1.29, 1.82) is 0 Å². The smallest absolute Gasteiger partial charge is 0.209 e. The summed E-state index contributed by atoms with van der Waals surface area (Å²) in [5.74, 6) is 0.921. The van der Waals surface area contributed by atoms with E-state index in [1.54, 1.807) is 0 Å². The van der Waals surface area contributed by atoms with E-state index >= 15 is 0 Å². The highest BCUT2D eigenvalue weighted by Crippen LogP contribution is 2.27. The zero-order valence-corrected chi connectivity index (χ0v) is 18.5. The fourth-order valence-corrected chi connectivity index (χ4v) is 5.70. The maximum atomic E-state index is 13.3. The summed E-state index contributed by atoms with van der Waals surface area (Å²) in [7, 11) is -1.22. The van der Waals surface area contributed by atoms with E-state index in [9.17, 15) is 4.21 Å². The molecule has 2 aromatic carbocycles. The first-order valence-electron chi connectivity index (χ1n) is 11.1. The largest absolute Gasteiger partial charge is 0.339 e. The summed E-state index contributed by atoms with van der Waals surface area (Å²) in [6, 6.07) is 17.5. The van der Waals surface area contributed by atoms with Gasteiger partial charge in [-0.05, 0) is 43.0 Å². The SMILES string of the molecule is Cc1ccc(-c2ccc(S(=O)N3CCN=C3N3CCN(C4CCC4)CC3)cc2)cc1. The topological polar surface area (TPSA) is 39.2 Å². The van der Waals surface area contributed by atoms with Crippen LogP contribution in [0.15, 0.2) is 58.4 Å². The molecule has 1 atom stereocenters. The first-order valence-corrected chi connectivity index (χ1v) is 12.2. The molecule has 1 unspecified atom stereocenters. The second kappa shape index (κ2) is 8.52. The zero-order valence-electron chi connectivity index (χ0n) is 17.7. The Morgan fingerprint density at radius 2 is 1.50 bits per heavy atom. The summed E-state index contributed by atoms with van der Waals surface area (Å²) in [4.78, 5) is 10.5. The normalized spacial score (nSPS) is 21.4. The molecule has 0 aromatic heterocycles. The second-order valence-electron chi connectivity index (χ2n) is 8.53. The lowest BCUT2D eigenvalue weighted by Gasteiger charge is -2.44. The van der Waals surface area contributed by atoms with E-state index in [0.29, 0.717) is 0 Å². The Hall–Kier alpha value is -2.18. The highest BCUT2D eigenvalue weighted by atomic mass is 32.2. The van der Waals surface area contributed by atoms with Crippen LogP contribution >= 0.6 is 0 Å². The number of nitrogens with zero attached hydrogens (tertiary/aromatic N) is 4. The van der Waals surface area contributed by atoms with Crippen molar-refractivity contribution < 1.29 is 4.21 Å². The number of rotatable bonds is 4. The van der Waals surface area contributed by atoms with Gasteiger partial charge in [-0.3, -0.25) is 14.2 Å². The van der Waals surface area contributed by atoms with Gasteiger partial charge < -0.3 is 4.90 Å². The van der Waals surface area contributed by atoms with E-state index < -0.39 is 11.0 Å². The molecule has 0 N–H and O–H groups in total. The summed E-state index contributed by atoms with van der Waals surface area (Å²) in [5.41, 5.74) is 3.59. The molecule has 158 valence electrons. The number of aryl methyl sites for hydroxylation is 1. The molecule has 30 heavy (non-hydrogen) atoms. The standard InChI is InChI=1S/C24H30N4OS/c1-19-5-7-20(8-6-19)21-9-11-23(12-10-21)30(29)28-14-13-25-24(28)27-17-15-26(16-18-27)22-3-2-4-22/h5-12,22H,2-4,13-18H2,1H3. The van der Waals surface area contributed by atoms with Crippen LogP contribution in [0.2, 0.25) is 0 Å². The molecule has 5 rings (SSSR count). The molecule has 0 bridgehead atoms. The lowest BCUT2D eigenvalue weighted by Crippen LogP contribution is -2.55. The zero-order chi connectivity index (χ0) is 20.5. The minimum absolute atomic E-state index is 0.727. The predicted molar refractivity (Wildman–Crippen MR) is 123 cm³/mol. The summed E-state index contributed by atoms with van der Waals surface area (Å²) < 4.78 is 15.3. The van der Waals surface area contributed by atoms with Crippen molar-refractivity contribution in [3.63, 3.8) is 0 Å². The van der Waals surface area contributed by atoms with Gasteiger partial charge in [-0.2, -0.15) is 0 Å². The number of hydrogen-bond acceptors (Lipinski definition) is 4. The van der Waals surface area contributed by atoms with E-state index in [2.05, 4.69) is 53.1 Å². The van der Waals surface area contributed by atoms with Gasteiger partial charge in [0.25, 0.3) is 0 Å². The Bertz CT molecular complexity index is 929. The lowest BCUT2D eigenvalue weighted by molar-refractivity contribution is 0.0834. The molecule has 0 amide bonds. The van der Waals surface area contributed by atoms with Crippen molar-refractivity contribution in [3.8, 4) is 11.1 Å². The number of piperazine rings is 1. The molecular weight excluding hydrogens is 392 g/mol. The highest BCUT2D eigenvalue weighted by molar-refractivity contribution is 7.83. The van der Waals surface area contributed by atoms with Crippen LogP contribution < -0.4 is 0 Å². The Morgan fingerprint density at radius 1 is 0.867 bits per heavy atom. The fraction of sp³-hybridized carbons (Fsp3) is 0.458. The van der Waals surface area contributed by atoms with Crippen LogP contribution in [0.5, 0.6) is 0 Å². The van der Waals surface area contributed by atoms with Gasteiger partial charge in [0.2, 0.25) is 5.96 Å². The first-order chi connectivity index (χ1) is 14.7. The molecule has 2 heterocycles. The van der Waals surface area contributed by atoms with Crippen LogP contribution in [-0.2, 0) is 11.0 Å². The summed E-state index contributed by atoms with van der Waals surface area (Å²) in [5, 5.41) is 0. The van der Waals surface area contributed by atoms with Crippen molar-refractivity contribution in [2.24, 2.45) is 4.99 Å². The number of guanidine groups is 1. The minimum Gasteiger partial charge on any atom is -0.339 e. The number of aliphatic imine (C=N–C) groups is 1. The van der Waals surface area contributed by atoms with Gasteiger partial charge in [0, 0.05) is 32.2 Å². The van der Waals surface area contributed by atoms with Gasteiger partial charge in [-0.25, -0.2) is 4.21 Å². The second-order valence-corrected chi connectivity index (χ2v) is 9.94. The highest BCUT2D eigenvalue weighted by Gasteiger charge is 2.33. The average molecular weight is 423 g/mol. The monoisotopic (exact) mass is 422 g/mol. The molecular formula is C24H30N4OS. The van der Waals surface area contributed by atoms with Gasteiger partial charge in [0.05, 0.1) is 18.0 Å². The third-order valence-corrected chi connectivity index (χ3v) is 8.03. The van der Waals surface area contributed by atoms with E-state index in [1.807, 2.05) is 16.4 Å². The van der Waals surface area contributed by atoms with Crippen LogP contribution in [0.3, 0.4) is 0 Å². The van der Waals surface area contributed by atoms with Crippen molar-refractivity contribution in [2.45, 2.75) is 37.1 Å². The van der Waals surface area contributed by atoms with Crippen molar-refractivity contribution in [2.75, 3.05) is 39.3 Å². The molecule has 0 spiro atoms. The molecule has 1 saturated heterocycles. The van der Waals surface area contributed by atoms with E-state index in [-0.39, 0.29) is 0 Å². The minimum atomic E-state index is -1.22. The molecule has 2 aliphatic heterocycles. The van der Waals surface area contributed by atoms with Crippen molar-refractivity contribution in [3.05, 3.63) is 54.1 Å². The van der Waals surface area contributed by atoms with Gasteiger partial charge in [0.15, 0.2) is 11.0 Å². The van der Waals surface area contributed by atoms with Crippen LogP contribution in [-0.4, -0.2) is 69.6 Å². The van der Waals surface area contributed by atoms with Crippen LogP contribution in [0.1, 0.15) is 24.8 Å². The molecule has 6 heteroatoms. The van der Waals surface area contributed by atoms with Crippen LogP contribution in [0.25, 0.3) is 11.1 Å². The van der Waals surface area contributed by atoms with Crippen LogP contribution in [0.4, 0.5) is 0 Å². The molecule has 0 radical (unpaired) electrons. The van der Waals surface area contributed by atoms with E-state index in [0.717, 1.165) is 61.7 Å². The molecule has 5 nitrogen and oxygen atoms in total. The Morgan fingerprint density at radius 3 is 2.10 bits per heavy atom. The number of hydrogen-bond donors (Lipinski definition) is 0. The quantitative estimate of drug-likeness (QED) is 0.757. The maximum Gasteiger partial charge on any atom is 0.209 e. The third kappa shape index (κ3) is 3.91. The average Bonchev–Trinajstić information content (AvgIpc) is 3.23. The third-order valence-electron chi connectivity index (χ3n) is 6.61. The maximum absolute atomic E-state index is 13.3. The number of benzene rings is 2. The Kier molecular flexibility index (Phi) is 5.61. The summed E-state index contributed by atoms with van der Waals surface area (Å²) in [6.45, 7) is 7.70. The molecule has 2 aromatic rings. The molecule has 3 aliphatic rings. The predicted octanol–water partition coefficient (Wildman–Crippen LogP) is 3.53. The van der Waals surface area contributed by atoms with Crippen molar-refractivity contribution >= 4 is 16.9 Å². The fourth-order valence-electron chi connectivity index (χ4n) is 4.51. The first kappa shape index (κ1) is 19.8. The molecule has 1 aliphatic carbocycles. The van der Waals surface area contributed by atoms with Crippen LogP contribution in [0, 0.1) is 6.92 Å². The Balaban J connectivity index is 1.25. The Labute approximate surface area is 182 Å². The van der Waals surface area contributed by atoms with Crippen molar-refractivity contribution in [1.82, 2.24) is 14.1 Å². The van der Waals surface area contributed by atoms with Gasteiger partial charge in [0.1, 0.15) is 0 Å². The molecule has 2 fully saturated rings. The summed E-state index contributed by atoms with van der Waals surface area (Å²) >= 11 is 0. The summed E-state index contributed by atoms with van der Waals surface area (Å²) in [6.07, 6.45) is 4.10. The van der Waals surface area contributed by atoms with E-state index in [1.165, 1.54) is 30.4 Å². The van der Waals surface area contributed by atoms with Gasteiger partial charge in [-0.15, -0.1) is 0 Å².